The van der Waals surface area contributed by atoms with Crippen LogP contribution < -0.4 is 11.1 Å². The van der Waals surface area contributed by atoms with E-state index in [0.29, 0.717) is 15.1 Å². The summed E-state index contributed by atoms with van der Waals surface area (Å²) in [7, 11) is 0. The molecule has 0 aliphatic heterocycles. The number of halogens is 2. The van der Waals surface area contributed by atoms with Crippen LogP contribution in [0, 0.1) is 5.92 Å². The summed E-state index contributed by atoms with van der Waals surface area (Å²) in [6.45, 7) is 3.87. The number of hydrogen-bond acceptors (Lipinski definition) is 2. The van der Waals surface area contributed by atoms with Crippen molar-refractivity contribution in [2.45, 2.75) is 19.9 Å². The van der Waals surface area contributed by atoms with Gasteiger partial charge in [0.2, 0.25) is 0 Å². The number of thiocarbonyl (C=S) groups is 1. The molecule has 0 aliphatic carbocycles. The fourth-order valence-corrected chi connectivity index (χ4v) is 2.37. The molecule has 0 aromatic heterocycles. The molecular weight excluding hydrogens is 336 g/mol. The van der Waals surface area contributed by atoms with E-state index in [9.17, 15) is 4.79 Å². The molecule has 0 fully saturated rings. The van der Waals surface area contributed by atoms with Crippen LogP contribution >= 0.6 is 39.7 Å². The SMILES string of the molecule is CC(C)C(NC(=O)c1cccc(Br)c1Cl)C(N)=S. The minimum Gasteiger partial charge on any atom is -0.392 e. The number of nitrogens with two attached hydrogens (primary N) is 1. The lowest BCUT2D eigenvalue weighted by atomic mass is 10.0. The van der Waals surface area contributed by atoms with E-state index in [4.69, 9.17) is 29.6 Å². The van der Waals surface area contributed by atoms with Gasteiger partial charge in [-0.2, -0.15) is 0 Å². The molecule has 98 valence electrons. The fourth-order valence-electron chi connectivity index (χ4n) is 1.46. The summed E-state index contributed by atoms with van der Waals surface area (Å²) in [5, 5.41) is 3.17. The highest BCUT2D eigenvalue weighted by Crippen LogP contribution is 2.26. The first-order chi connectivity index (χ1) is 8.34. The van der Waals surface area contributed by atoms with Crippen LogP contribution in [0.3, 0.4) is 0 Å². The maximum Gasteiger partial charge on any atom is 0.253 e. The summed E-state index contributed by atoms with van der Waals surface area (Å²) in [5.41, 5.74) is 6.00. The maximum absolute atomic E-state index is 12.1. The zero-order valence-corrected chi connectivity index (χ0v) is 13.2. The van der Waals surface area contributed by atoms with Gasteiger partial charge in [0.25, 0.3) is 5.91 Å². The highest BCUT2D eigenvalue weighted by molar-refractivity contribution is 9.10. The molecule has 18 heavy (non-hydrogen) atoms. The molecule has 0 heterocycles. The highest BCUT2D eigenvalue weighted by Gasteiger charge is 2.21. The highest BCUT2D eigenvalue weighted by atomic mass is 79.9. The zero-order chi connectivity index (χ0) is 13.9. The molecule has 1 unspecified atom stereocenters. The van der Waals surface area contributed by atoms with Crippen LogP contribution in [0.5, 0.6) is 0 Å². The van der Waals surface area contributed by atoms with Gasteiger partial charge in [-0.1, -0.05) is 43.7 Å². The topological polar surface area (TPSA) is 55.1 Å². The molecule has 0 aliphatic rings. The Bertz CT molecular complexity index is 479. The largest absolute Gasteiger partial charge is 0.392 e. The van der Waals surface area contributed by atoms with Crippen LogP contribution in [0.25, 0.3) is 0 Å². The second-order valence-corrected chi connectivity index (χ2v) is 5.90. The minimum atomic E-state index is -0.345. The summed E-state index contributed by atoms with van der Waals surface area (Å²) in [5.74, 6) is -0.162. The van der Waals surface area contributed by atoms with Crippen LogP contribution in [-0.4, -0.2) is 16.9 Å². The molecule has 0 bridgehead atoms. The average molecular weight is 350 g/mol. The number of carbonyl (C=O) groups excluding carboxylic acids is 1. The normalized spacial score (nSPS) is 12.3. The molecule has 3 N–H and O–H groups in total. The maximum atomic E-state index is 12.1. The Morgan fingerprint density at radius 2 is 2.11 bits per heavy atom. The second kappa shape index (κ2) is 6.50. The molecule has 1 amide bonds. The summed E-state index contributed by atoms with van der Waals surface area (Å²) >= 11 is 14.3. The van der Waals surface area contributed by atoms with Crippen molar-refractivity contribution in [3.05, 3.63) is 33.3 Å². The van der Waals surface area contributed by atoms with E-state index < -0.39 is 0 Å². The van der Waals surface area contributed by atoms with Gasteiger partial charge >= 0.3 is 0 Å². The first-order valence-corrected chi connectivity index (χ1v) is 6.96. The summed E-state index contributed by atoms with van der Waals surface area (Å²) in [6, 6.07) is 4.82. The van der Waals surface area contributed by atoms with Gasteiger partial charge < -0.3 is 11.1 Å². The van der Waals surface area contributed by atoms with Crippen molar-refractivity contribution in [3.63, 3.8) is 0 Å². The van der Waals surface area contributed by atoms with Gasteiger partial charge in [0.1, 0.15) is 0 Å². The van der Waals surface area contributed by atoms with Crippen LogP contribution in [0.4, 0.5) is 0 Å². The van der Waals surface area contributed by atoms with Crippen molar-refractivity contribution in [1.82, 2.24) is 5.32 Å². The molecule has 1 aromatic rings. The molecule has 3 nitrogen and oxygen atoms in total. The quantitative estimate of drug-likeness (QED) is 0.821. The van der Waals surface area contributed by atoms with Crippen molar-refractivity contribution in [1.29, 1.82) is 0 Å². The van der Waals surface area contributed by atoms with E-state index in [-0.39, 0.29) is 22.9 Å². The van der Waals surface area contributed by atoms with Gasteiger partial charge in [-0.3, -0.25) is 4.79 Å². The third-order valence-electron chi connectivity index (χ3n) is 2.46. The van der Waals surface area contributed by atoms with Crippen LogP contribution in [0.2, 0.25) is 5.02 Å². The van der Waals surface area contributed by atoms with Crippen molar-refractivity contribution in [2.75, 3.05) is 0 Å². The number of rotatable bonds is 4. The molecule has 1 atom stereocenters. The van der Waals surface area contributed by atoms with Crippen molar-refractivity contribution in [2.24, 2.45) is 11.7 Å². The molecule has 0 spiro atoms. The van der Waals surface area contributed by atoms with E-state index >= 15 is 0 Å². The average Bonchev–Trinajstić information content (AvgIpc) is 2.28. The first-order valence-electron chi connectivity index (χ1n) is 5.38. The van der Waals surface area contributed by atoms with E-state index in [1.165, 1.54) is 0 Å². The molecule has 1 rings (SSSR count). The zero-order valence-electron chi connectivity index (χ0n) is 10.0. The third kappa shape index (κ3) is 3.67. The lowest BCUT2D eigenvalue weighted by molar-refractivity contribution is 0.0940. The smallest absolute Gasteiger partial charge is 0.253 e. The van der Waals surface area contributed by atoms with Gasteiger partial charge in [-0.05, 0) is 34.0 Å². The Kier molecular flexibility index (Phi) is 5.56. The standard InChI is InChI=1S/C12H14BrClN2OS/c1-6(2)10(11(15)18)16-12(17)7-4-3-5-8(13)9(7)14/h3-6,10H,1-2H3,(H2,15,18)(H,16,17). The van der Waals surface area contributed by atoms with Crippen molar-refractivity contribution < 1.29 is 4.79 Å². The Morgan fingerprint density at radius 1 is 1.50 bits per heavy atom. The first kappa shape index (κ1) is 15.4. The Morgan fingerprint density at radius 3 is 2.61 bits per heavy atom. The monoisotopic (exact) mass is 348 g/mol. The number of amides is 1. The van der Waals surface area contributed by atoms with Crippen molar-refractivity contribution >= 4 is 50.6 Å². The summed E-state index contributed by atoms with van der Waals surface area (Å²) in [6.07, 6.45) is 0. The summed E-state index contributed by atoms with van der Waals surface area (Å²) in [4.78, 5) is 12.4. The molecule has 0 saturated heterocycles. The molecule has 1 aromatic carbocycles. The molecule has 0 saturated carbocycles. The van der Waals surface area contributed by atoms with E-state index in [1.807, 2.05) is 13.8 Å². The summed E-state index contributed by atoms with van der Waals surface area (Å²) < 4.78 is 0.674. The second-order valence-electron chi connectivity index (χ2n) is 4.20. The minimum absolute atomic E-state index is 0.123. The van der Waals surface area contributed by atoms with E-state index in [2.05, 4.69) is 21.2 Å². The molecule has 6 heteroatoms. The lowest BCUT2D eigenvalue weighted by Crippen LogP contribution is -2.46. The number of benzene rings is 1. The molecular formula is C12H14BrClN2OS. The number of nitrogens with one attached hydrogen (secondary N) is 1. The van der Waals surface area contributed by atoms with Gasteiger partial charge in [-0.25, -0.2) is 0 Å². The number of carbonyl (C=O) groups is 1. The number of hydrogen-bond donors (Lipinski definition) is 2. The Labute approximate surface area is 125 Å². The predicted molar refractivity (Wildman–Crippen MR) is 82.0 cm³/mol. The van der Waals surface area contributed by atoms with E-state index in [0.717, 1.165) is 0 Å². The third-order valence-corrected chi connectivity index (χ3v) is 4.01. The van der Waals surface area contributed by atoms with Crippen LogP contribution in [-0.2, 0) is 0 Å². The Hall–Kier alpha value is -0.650. The fraction of sp³-hybridized carbons (Fsp3) is 0.333. The van der Waals surface area contributed by atoms with Crippen LogP contribution in [0.15, 0.2) is 22.7 Å². The van der Waals surface area contributed by atoms with E-state index in [1.54, 1.807) is 18.2 Å². The molecule has 0 radical (unpaired) electrons. The van der Waals surface area contributed by atoms with Gasteiger partial charge in [-0.15, -0.1) is 0 Å². The van der Waals surface area contributed by atoms with Crippen molar-refractivity contribution in [3.8, 4) is 0 Å². The lowest BCUT2D eigenvalue weighted by Gasteiger charge is -2.21. The van der Waals surface area contributed by atoms with Crippen LogP contribution in [0.1, 0.15) is 24.2 Å². The van der Waals surface area contributed by atoms with Gasteiger partial charge in [0.05, 0.1) is 21.6 Å². The predicted octanol–water partition coefficient (Wildman–Crippen LogP) is 3.14. The van der Waals surface area contributed by atoms with Gasteiger partial charge in [0.15, 0.2) is 0 Å². The van der Waals surface area contributed by atoms with Gasteiger partial charge in [0, 0.05) is 4.47 Å². The Balaban J connectivity index is 2.94.